The van der Waals surface area contributed by atoms with Gasteiger partial charge in [-0.25, -0.2) is 8.78 Å². The monoisotopic (exact) mass is 300 g/mol. The van der Waals surface area contributed by atoms with Crippen LogP contribution in [-0.2, 0) is 6.42 Å². The zero-order valence-electron chi connectivity index (χ0n) is 12.3. The molecule has 0 amide bonds. The van der Waals surface area contributed by atoms with Crippen molar-refractivity contribution in [2.75, 3.05) is 24.5 Å². The average Bonchev–Trinajstić information content (AvgIpc) is 2.68. The maximum Gasteiger partial charge on any atom is 0.133 e. The van der Waals surface area contributed by atoms with Crippen LogP contribution < -0.4 is 10.2 Å². The molecule has 2 aliphatic rings. The number of hydrogen-bond acceptors (Lipinski definition) is 2. The quantitative estimate of drug-likeness (QED) is 0.869. The number of halogens is 2. The summed E-state index contributed by atoms with van der Waals surface area (Å²) in [4.78, 5) is 2.43. The molecule has 1 N–H and O–H groups in total. The minimum absolute atomic E-state index is 0.0778. The summed E-state index contributed by atoms with van der Waals surface area (Å²) in [5.41, 5.74) is 3.13. The Morgan fingerprint density at radius 3 is 2.68 bits per heavy atom. The first-order chi connectivity index (χ1) is 10.7. The van der Waals surface area contributed by atoms with Gasteiger partial charge in [-0.1, -0.05) is 12.1 Å². The van der Waals surface area contributed by atoms with Crippen LogP contribution in [0.25, 0.3) is 11.1 Å². The van der Waals surface area contributed by atoms with Crippen LogP contribution in [0.3, 0.4) is 0 Å². The number of nitrogens with one attached hydrogen (secondary N) is 1. The van der Waals surface area contributed by atoms with E-state index in [2.05, 4.69) is 10.2 Å². The number of nitrogens with zero attached hydrogens (tertiary/aromatic N) is 1. The Balaban J connectivity index is 1.75. The number of benzene rings is 2. The van der Waals surface area contributed by atoms with Crippen LogP contribution in [-0.4, -0.2) is 25.7 Å². The van der Waals surface area contributed by atoms with Gasteiger partial charge in [-0.3, -0.25) is 0 Å². The molecule has 0 bridgehead atoms. The van der Waals surface area contributed by atoms with Crippen molar-refractivity contribution >= 4 is 5.69 Å². The van der Waals surface area contributed by atoms with E-state index in [1.807, 2.05) is 18.2 Å². The van der Waals surface area contributed by atoms with Crippen molar-refractivity contribution in [2.45, 2.75) is 18.9 Å². The maximum absolute atomic E-state index is 14.0. The van der Waals surface area contributed by atoms with Crippen LogP contribution in [0, 0.1) is 11.6 Å². The summed E-state index contributed by atoms with van der Waals surface area (Å²) in [5, 5.41) is 3.42. The third-order valence-electron chi connectivity index (χ3n) is 4.72. The molecule has 0 spiro atoms. The molecule has 2 aliphatic heterocycles. The largest absolute Gasteiger partial charge is 0.367 e. The molecule has 0 aliphatic carbocycles. The Morgan fingerprint density at radius 2 is 1.86 bits per heavy atom. The molecule has 1 fully saturated rings. The summed E-state index contributed by atoms with van der Waals surface area (Å²) in [7, 11) is 0. The van der Waals surface area contributed by atoms with Crippen molar-refractivity contribution < 1.29 is 8.78 Å². The molecule has 2 aromatic rings. The van der Waals surface area contributed by atoms with Gasteiger partial charge in [-0.15, -0.1) is 0 Å². The van der Waals surface area contributed by atoms with Gasteiger partial charge in [0.05, 0.1) is 5.56 Å². The fourth-order valence-electron chi connectivity index (χ4n) is 3.67. The summed E-state index contributed by atoms with van der Waals surface area (Å²) < 4.78 is 28.0. The molecular weight excluding hydrogens is 282 g/mol. The first kappa shape index (κ1) is 13.7. The second-order valence-electron chi connectivity index (χ2n) is 6.03. The SMILES string of the molecule is Fc1cccc(F)c1-c1ccc2c(c1)CC1CCNCCN21. The summed E-state index contributed by atoms with van der Waals surface area (Å²) in [6.07, 6.45) is 2.07. The van der Waals surface area contributed by atoms with Crippen molar-refractivity contribution in [1.82, 2.24) is 5.32 Å². The molecule has 2 nitrogen and oxygen atoms in total. The van der Waals surface area contributed by atoms with E-state index >= 15 is 0 Å². The van der Waals surface area contributed by atoms with Crippen LogP contribution in [0.4, 0.5) is 14.5 Å². The molecule has 0 radical (unpaired) electrons. The second-order valence-corrected chi connectivity index (χ2v) is 6.03. The molecule has 0 aromatic heterocycles. The number of rotatable bonds is 1. The maximum atomic E-state index is 14.0. The lowest BCUT2D eigenvalue weighted by Gasteiger charge is -2.24. The van der Waals surface area contributed by atoms with Crippen molar-refractivity contribution in [1.29, 1.82) is 0 Å². The minimum Gasteiger partial charge on any atom is -0.367 e. The van der Waals surface area contributed by atoms with Gasteiger partial charge in [0.1, 0.15) is 11.6 Å². The van der Waals surface area contributed by atoms with Crippen LogP contribution in [0.1, 0.15) is 12.0 Å². The van der Waals surface area contributed by atoms with Crippen molar-refractivity contribution in [3.8, 4) is 11.1 Å². The molecule has 0 saturated carbocycles. The molecule has 4 rings (SSSR count). The van der Waals surface area contributed by atoms with E-state index in [0.29, 0.717) is 11.6 Å². The third-order valence-corrected chi connectivity index (χ3v) is 4.72. The molecular formula is C18H18F2N2. The first-order valence-electron chi connectivity index (χ1n) is 7.79. The first-order valence-corrected chi connectivity index (χ1v) is 7.79. The topological polar surface area (TPSA) is 15.3 Å². The highest BCUT2D eigenvalue weighted by molar-refractivity contribution is 5.72. The Kier molecular flexibility index (Phi) is 3.34. The predicted octanol–water partition coefficient (Wildman–Crippen LogP) is 3.36. The fourth-order valence-corrected chi connectivity index (χ4v) is 3.67. The Morgan fingerprint density at radius 1 is 1.05 bits per heavy atom. The zero-order chi connectivity index (χ0) is 15.1. The molecule has 4 heteroatoms. The summed E-state index contributed by atoms with van der Waals surface area (Å²) in [6, 6.07) is 10.3. The Hall–Kier alpha value is -1.94. The molecule has 1 saturated heterocycles. The van der Waals surface area contributed by atoms with Gasteiger partial charge < -0.3 is 10.2 Å². The predicted molar refractivity (Wildman–Crippen MR) is 84.1 cm³/mol. The van der Waals surface area contributed by atoms with Crippen LogP contribution >= 0.6 is 0 Å². The Labute approximate surface area is 128 Å². The van der Waals surface area contributed by atoms with Gasteiger partial charge in [-0.2, -0.15) is 0 Å². The van der Waals surface area contributed by atoms with Crippen molar-refractivity contribution in [2.24, 2.45) is 0 Å². The van der Waals surface area contributed by atoms with E-state index in [1.54, 1.807) is 0 Å². The van der Waals surface area contributed by atoms with Crippen LogP contribution in [0.5, 0.6) is 0 Å². The van der Waals surface area contributed by atoms with E-state index in [4.69, 9.17) is 0 Å². The molecule has 2 heterocycles. The van der Waals surface area contributed by atoms with Gasteiger partial charge >= 0.3 is 0 Å². The molecule has 114 valence electrons. The third kappa shape index (κ3) is 2.18. The molecule has 1 atom stereocenters. The van der Waals surface area contributed by atoms with Crippen LogP contribution in [0.15, 0.2) is 36.4 Å². The van der Waals surface area contributed by atoms with E-state index in [9.17, 15) is 8.78 Å². The standard InChI is InChI=1S/C18H18F2N2/c19-15-2-1-3-16(20)18(15)12-4-5-17-13(10-12)11-14-6-7-21-8-9-22(14)17/h1-5,10,14,21H,6-9,11H2. The van der Waals surface area contributed by atoms with E-state index in [1.165, 1.54) is 29.4 Å². The minimum atomic E-state index is -0.503. The summed E-state index contributed by atoms with van der Waals surface area (Å²) in [6.45, 7) is 3.01. The smallest absolute Gasteiger partial charge is 0.133 e. The lowest BCUT2D eigenvalue weighted by Crippen LogP contribution is -2.32. The summed E-state index contributed by atoms with van der Waals surface area (Å²) in [5.74, 6) is -1.01. The lowest BCUT2D eigenvalue weighted by atomic mass is 9.99. The normalized spacial score (nSPS) is 20.5. The van der Waals surface area contributed by atoms with Gasteiger partial charge in [-0.05, 0) is 54.8 Å². The molecule has 22 heavy (non-hydrogen) atoms. The molecule has 2 aromatic carbocycles. The van der Waals surface area contributed by atoms with Crippen molar-refractivity contribution in [3.63, 3.8) is 0 Å². The van der Waals surface area contributed by atoms with E-state index < -0.39 is 11.6 Å². The average molecular weight is 300 g/mol. The number of fused-ring (bicyclic) bond motifs is 3. The molecule has 1 unspecified atom stereocenters. The number of hydrogen-bond donors (Lipinski definition) is 1. The van der Waals surface area contributed by atoms with Gasteiger partial charge in [0, 0.05) is 24.8 Å². The highest BCUT2D eigenvalue weighted by Gasteiger charge is 2.30. The number of anilines is 1. The van der Waals surface area contributed by atoms with Crippen molar-refractivity contribution in [3.05, 3.63) is 53.6 Å². The zero-order valence-corrected chi connectivity index (χ0v) is 12.3. The second kappa shape index (κ2) is 5.36. The van der Waals surface area contributed by atoms with Crippen LogP contribution in [0.2, 0.25) is 0 Å². The highest BCUT2D eigenvalue weighted by Crippen LogP contribution is 2.37. The lowest BCUT2D eigenvalue weighted by molar-refractivity contribution is 0.589. The van der Waals surface area contributed by atoms with Gasteiger partial charge in [0.25, 0.3) is 0 Å². The Bertz CT molecular complexity index is 694. The van der Waals surface area contributed by atoms with Gasteiger partial charge in [0.15, 0.2) is 0 Å². The van der Waals surface area contributed by atoms with E-state index in [0.717, 1.165) is 32.5 Å². The van der Waals surface area contributed by atoms with Gasteiger partial charge in [0.2, 0.25) is 0 Å². The van der Waals surface area contributed by atoms with E-state index in [-0.39, 0.29) is 5.56 Å². The summed E-state index contributed by atoms with van der Waals surface area (Å²) >= 11 is 0. The highest BCUT2D eigenvalue weighted by atomic mass is 19.1. The fraction of sp³-hybridized carbons (Fsp3) is 0.333.